The van der Waals surface area contributed by atoms with Gasteiger partial charge in [0, 0.05) is 16.8 Å². The summed E-state index contributed by atoms with van der Waals surface area (Å²) in [6.07, 6.45) is -0.419. The number of nitrogens with one attached hydrogen (secondary N) is 1. The van der Waals surface area contributed by atoms with Crippen LogP contribution in [0.25, 0.3) is 0 Å². The molecule has 1 aromatic carbocycles. The molecule has 0 radical (unpaired) electrons. The van der Waals surface area contributed by atoms with Gasteiger partial charge in [-0.25, -0.2) is 0 Å². The first kappa shape index (κ1) is 19.6. The van der Waals surface area contributed by atoms with Crippen molar-refractivity contribution in [3.8, 4) is 5.75 Å². The van der Waals surface area contributed by atoms with Crippen LogP contribution in [0.15, 0.2) is 30.3 Å². The maximum Gasteiger partial charge on any atom is 0.366 e. The highest BCUT2D eigenvalue weighted by molar-refractivity contribution is 6.31. The van der Waals surface area contributed by atoms with Crippen LogP contribution in [0.2, 0.25) is 5.02 Å². The molecule has 1 aromatic heterocycles. The molecule has 28 heavy (non-hydrogen) atoms. The van der Waals surface area contributed by atoms with Crippen molar-refractivity contribution in [2.75, 3.05) is 16.8 Å². The highest BCUT2D eigenvalue weighted by Gasteiger charge is 2.39. The Morgan fingerprint density at radius 2 is 2.14 bits per heavy atom. The molecule has 1 N–H and O–H groups in total. The van der Waals surface area contributed by atoms with E-state index >= 15 is 0 Å². The summed E-state index contributed by atoms with van der Waals surface area (Å²) in [6.45, 7) is 3.15. The third-order valence-electron chi connectivity index (χ3n) is 4.29. The van der Waals surface area contributed by atoms with Crippen LogP contribution in [0.3, 0.4) is 0 Å². The van der Waals surface area contributed by atoms with Crippen LogP contribution in [0.1, 0.15) is 18.9 Å². The molecule has 1 atom stereocenters. The van der Waals surface area contributed by atoms with Crippen LogP contribution >= 0.6 is 11.6 Å². The number of amides is 2. The summed E-state index contributed by atoms with van der Waals surface area (Å²) in [6, 6.07) is 7.64. The van der Waals surface area contributed by atoms with E-state index in [4.69, 9.17) is 16.3 Å². The van der Waals surface area contributed by atoms with Crippen molar-refractivity contribution in [2.24, 2.45) is 0 Å². The van der Waals surface area contributed by atoms with Crippen molar-refractivity contribution in [1.29, 1.82) is 0 Å². The maximum absolute atomic E-state index is 12.7. The Morgan fingerprint density at radius 1 is 1.39 bits per heavy atom. The van der Waals surface area contributed by atoms with Gasteiger partial charge in [-0.05, 0) is 47.0 Å². The number of nitrogens with zero attached hydrogens (tertiary/aromatic N) is 3. The van der Waals surface area contributed by atoms with Crippen LogP contribution in [-0.4, -0.2) is 34.4 Å². The fourth-order valence-electron chi connectivity index (χ4n) is 2.78. The molecule has 3 rings (SSSR count). The fourth-order valence-corrected chi connectivity index (χ4v) is 2.96. The number of carbonyl (C=O) groups is 2. The molecule has 2 amide bonds. The lowest BCUT2D eigenvalue weighted by Crippen LogP contribution is -2.49. The summed E-state index contributed by atoms with van der Waals surface area (Å²) >= 11 is 6.06. The minimum atomic E-state index is -0.795. The van der Waals surface area contributed by atoms with Gasteiger partial charge in [0.05, 0.1) is 0 Å². The molecule has 1 aliphatic heterocycles. The van der Waals surface area contributed by atoms with Crippen molar-refractivity contribution < 1.29 is 19.2 Å². The Hall–Kier alpha value is -3.20. The predicted octanol–water partition coefficient (Wildman–Crippen LogP) is 3.09. The van der Waals surface area contributed by atoms with Gasteiger partial charge in [-0.3, -0.25) is 14.5 Å². The summed E-state index contributed by atoms with van der Waals surface area (Å²) in [5, 5.41) is 14.2. The molecule has 0 saturated carbocycles. The van der Waals surface area contributed by atoms with Gasteiger partial charge in [0.25, 0.3) is 11.7 Å². The average molecular weight is 405 g/mol. The number of pyridine rings is 1. The molecule has 2 aromatic rings. The Kier molecular flexibility index (Phi) is 5.46. The van der Waals surface area contributed by atoms with E-state index in [9.17, 15) is 19.7 Å². The number of nitro groups is 1. The molecule has 1 unspecified atom stereocenters. The first-order valence-corrected chi connectivity index (χ1v) is 8.88. The minimum absolute atomic E-state index is 0.0538. The third kappa shape index (κ3) is 3.74. The summed E-state index contributed by atoms with van der Waals surface area (Å²) in [4.78, 5) is 40.6. The van der Waals surface area contributed by atoms with E-state index in [0.29, 0.717) is 22.7 Å². The van der Waals surface area contributed by atoms with E-state index in [0.717, 1.165) is 4.90 Å². The first-order valence-electron chi connectivity index (χ1n) is 8.50. The van der Waals surface area contributed by atoms with E-state index in [-0.39, 0.29) is 18.1 Å². The molecular weight excluding hydrogens is 388 g/mol. The van der Waals surface area contributed by atoms with E-state index in [1.807, 2.05) is 0 Å². The second-order valence-electron chi connectivity index (χ2n) is 6.15. The monoisotopic (exact) mass is 404 g/mol. The smallest absolute Gasteiger partial charge is 0.366 e. The highest BCUT2D eigenvalue weighted by Crippen LogP contribution is 2.34. The second kappa shape index (κ2) is 7.81. The van der Waals surface area contributed by atoms with Gasteiger partial charge < -0.3 is 20.2 Å². The van der Waals surface area contributed by atoms with Crippen molar-refractivity contribution >= 4 is 40.7 Å². The molecular formula is C18H17ClN4O5. The van der Waals surface area contributed by atoms with E-state index in [1.165, 1.54) is 12.1 Å². The number of halogens is 1. The number of benzene rings is 1. The van der Waals surface area contributed by atoms with Gasteiger partial charge in [0.2, 0.25) is 5.91 Å². The number of ether oxygens (including phenoxy) is 1. The van der Waals surface area contributed by atoms with Crippen LogP contribution in [0.4, 0.5) is 17.3 Å². The lowest BCUT2D eigenvalue weighted by molar-refractivity contribution is -0.389. The average Bonchev–Trinajstić information content (AvgIpc) is 2.67. The molecule has 0 aliphatic carbocycles. The van der Waals surface area contributed by atoms with Crippen molar-refractivity contribution in [2.45, 2.75) is 26.4 Å². The lowest BCUT2D eigenvalue weighted by atomic mass is 10.1. The van der Waals surface area contributed by atoms with Crippen molar-refractivity contribution in [3.63, 3.8) is 0 Å². The first-order chi connectivity index (χ1) is 13.3. The standard InChI is InChI=1S/C18H17ClN4O5/c1-3-13-18(25)22(17-14(28-13)7-8-15(21-17)23(26)27)9-16(24)20-12-6-4-5-11(19)10(12)2/h4-8,13H,3,9H2,1-2H3,(H,20,24). The van der Waals surface area contributed by atoms with E-state index < -0.39 is 28.7 Å². The van der Waals surface area contributed by atoms with Crippen LogP contribution in [0.5, 0.6) is 5.75 Å². The van der Waals surface area contributed by atoms with Gasteiger partial charge in [-0.1, -0.05) is 24.6 Å². The second-order valence-corrected chi connectivity index (χ2v) is 6.56. The molecule has 0 spiro atoms. The number of fused-ring (bicyclic) bond motifs is 1. The topological polar surface area (TPSA) is 115 Å². The Labute approximate surface area is 165 Å². The summed E-state index contributed by atoms with van der Waals surface area (Å²) in [7, 11) is 0. The largest absolute Gasteiger partial charge is 0.474 e. The minimum Gasteiger partial charge on any atom is -0.474 e. The SMILES string of the molecule is CCC1Oc2ccc([N+](=O)[O-])nc2N(CC(=O)Nc2cccc(Cl)c2C)C1=O. The molecule has 10 heteroatoms. The van der Waals surface area contributed by atoms with Gasteiger partial charge in [0.1, 0.15) is 6.54 Å². The number of hydrogen-bond acceptors (Lipinski definition) is 6. The van der Waals surface area contributed by atoms with Gasteiger partial charge in [-0.2, -0.15) is 0 Å². The Morgan fingerprint density at radius 3 is 2.82 bits per heavy atom. The number of carbonyl (C=O) groups excluding carboxylic acids is 2. The molecule has 0 saturated heterocycles. The van der Waals surface area contributed by atoms with Gasteiger partial charge in [0.15, 0.2) is 11.9 Å². The van der Waals surface area contributed by atoms with Crippen molar-refractivity contribution in [3.05, 3.63) is 51.0 Å². The Balaban J connectivity index is 1.90. The molecule has 0 fully saturated rings. The number of hydrogen-bond donors (Lipinski definition) is 1. The molecule has 1 aliphatic rings. The van der Waals surface area contributed by atoms with E-state index in [2.05, 4.69) is 10.3 Å². The van der Waals surface area contributed by atoms with Crippen LogP contribution < -0.4 is 15.0 Å². The summed E-state index contributed by atoms with van der Waals surface area (Å²) in [5.74, 6) is -1.26. The number of aromatic nitrogens is 1. The number of anilines is 2. The zero-order valence-corrected chi connectivity index (χ0v) is 15.9. The third-order valence-corrected chi connectivity index (χ3v) is 4.70. The summed E-state index contributed by atoms with van der Waals surface area (Å²) < 4.78 is 5.57. The lowest BCUT2D eigenvalue weighted by Gasteiger charge is -2.30. The fraction of sp³-hybridized carbons (Fsp3) is 0.278. The van der Waals surface area contributed by atoms with Crippen LogP contribution in [0, 0.1) is 17.0 Å². The van der Waals surface area contributed by atoms with Gasteiger partial charge in [-0.15, -0.1) is 0 Å². The van der Waals surface area contributed by atoms with E-state index in [1.54, 1.807) is 32.0 Å². The predicted molar refractivity (Wildman–Crippen MR) is 103 cm³/mol. The highest BCUT2D eigenvalue weighted by atomic mass is 35.5. The zero-order chi connectivity index (χ0) is 20.4. The molecule has 0 bridgehead atoms. The Bertz CT molecular complexity index is 965. The molecule has 146 valence electrons. The molecule has 2 heterocycles. The zero-order valence-electron chi connectivity index (χ0n) is 15.1. The van der Waals surface area contributed by atoms with Gasteiger partial charge >= 0.3 is 5.82 Å². The molecule has 9 nitrogen and oxygen atoms in total. The van der Waals surface area contributed by atoms with Crippen molar-refractivity contribution in [1.82, 2.24) is 4.98 Å². The normalized spacial score (nSPS) is 15.6. The van der Waals surface area contributed by atoms with Crippen LogP contribution in [-0.2, 0) is 9.59 Å². The quantitative estimate of drug-likeness (QED) is 0.604. The number of rotatable bonds is 5. The summed E-state index contributed by atoms with van der Waals surface area (Å²) in [5.41, 5.74) is 1.20. The maximum atomic E-state index is 12.7.